The number of rotatable bonds is 5. The number of amides is 1. The molecule has 6 nitrogen and oxygen atoms in total. The number of benzene rings is 2. The number of aromatic nitrogens is 1. The number of likely N-dealkylation sites (N-methyl/N-ethyl adjacent to an activating group) is 1. The third-order valence-electron chi connectivity index (χ3n) is 6.41. The lowest BCUT2D eigenvalue weighted by molar-refractivity contribution is -0.139. The Morgan fingerprint density at radius 3 is 2.69 bits per heavy atom. The van der Waals surface area contributed by atoms with Crippen molar-refractivity contribution in [2.75, 3.05) is 27.2 Å². The van der Waals surface area contributed by atoms with Gasteiger partial charge in [0, 0.05) is 30.9 Å². The molecule has 0 spiro atoms. The Hall–Kier alpha value is -3.12. The lowest BCUT2D eigenvalue weighted by Gasteiger charge is -2.37. The molecule has 1 N–H and O–H groups in total. The van der Waals surface area contributed by atoms with Gasteiger partial charge >= 0.3 is 0 Å². The first-order chi connectivity index (χ1) is 15.3. The number of nitrogens with zero attached hydrogens (tertiary/aromatic N) is 2. The van der Waals surface area contributed by atoms with E-state index < -0.39 is 6.10 Å². The van der Waals surface area contributed by atoms with Crippen LogP contribution in [0.3, 0.4) is 0 Å². The van der Waals surface area contributed by atoms with Crippen molar-refractivity contribution in [1.82, 2.24) is 14.8 Å². The minimum atomic E-state index is -0.619. The van der Waals surface area contributed by atoms with Crippen molar-refractivity contribution in [2.45, 2.75) is 38.8 Å². The molecule has 2 heterocycles. The molecule has 0 unspecified atom stereocenters. The van der Waals surface area contributed by atoms with Gasteiger partial charge in [0.15, 0.2) is 6.10 Å². The monoisotopic (exact) mass is 433 g/mol. The second-order valence-electron chi connectivity index (χ2n) is 8.86. The largest absolute Gasteiger partial charge is 0.481 e. The summed E-state index contributed by atoms with van der Waals surface area (Å²) < 4.78 is 6.00. The molecule has 3 aromatic rings. The Bertz CT molecular complexity index is 1180. The molecule has 0 bridgehead atoms. The SMILES string of the molecule is Cc1ccccc1-c1c[nH]c(=O)c2cc(O[C@H](C)C(=O)N3CCC[C@@H](N(C)C)C3)ccc12. The first-order valence-electron chi connectivity index (χ1n) is 11.2. The van der Waals surface area contributed by atoms with Crippen LogP contribution in [0.25, 0.3) is 21.9 Å². The molecule has 1 aromatic heterocycles. The fourth-order valence-corrected chi connectivity index (χ4v) is 4.50. The van der Waals surface area contributed by atoms with E-state index in [9.17, 15) is 9.59 Å². The van der Waals surface area contributed by atoms with Crippen LogP contribution in [0.1, 0.15) is 25.3 Å². The summed E-state index contributed by atoms with van der Waals surface area (Å²) in [5.74, 6) is 0.506. The van der Waals surface area contributed by atoms with Gasteiger partial charge in [-0.15, -0.1) is 0 Å². The van der Waals surface area contributed by atoms with Gasteiger partial charge in [-0.2, -0.15) is 0 Å². The Kier molecular flexibility index (Phi) is 6.33. The van der Waals surface area contributed by atoms with Crippen molar-refractivity contribution in [2.24, 2.45) is 0 Å². The second-order valence-corrected chi connectivity index (χ2v) is 8.86. The van der Waals surface area contributed by atoms with Crippen LogP contribution < -0.4 is 10.3 Å². The standard InChI is InChI=1S/C26H31N3O3/c1-17-8-5-6-10-21(17)24-15-27-25(30)23-14-20(11-12-22(23)24)32-18(2)26(31)29-13-7-9-19(16-29)28(3)4/h5-6,8,10-12,14-15,18-19H,7,9,13,16H2,1-4H3,(H,27,30)/t18-,19-/m1/s1. The molecule has 1 aliphatic rings. The fourth-order valence-electron chi connectivity index (χ4n) is 4.50. The zero-order valence-corrected chi connectivity index (χ0v) is 19.2. The van der Waals surface area contributed by atoms with E-state index in [0.29, 0.717) is 17.2 Å². The molecule has 2 aromatic carbocycles. The highest BCUT2D eigenvalue weighted by Crippen LogP contribution is 2.30. The van der Waals surface area contributed by atoms with Gasteiger partial charge in [-0.25, -0.2) is 0 Å². The first-order valence-corrected chi connectivity index (χ1v) is 11.2. The van der Waals surface area contributed by atoms with Crippen LogP contribution in [0.5, 0.6) is 5.75 Å². The average molecular weight is 434 g/mol. The third kappa shape index (κ3) is 4.41. The van der Waals surface area contributed by atoms with Gasteiger partial charge in [0.1, 0.15) is 5.75 Å². The number of aromatic amines is 1. The molecule has 0 saturated carbocycles. The van der Waals surface area contributed by atoms with Crippen molar-refractivity contribution in [1.29, 1.82) is 0 Å². The highest BCUT2D eigenvalue weighted by atomic mass is 16.5. The topological polar surface area (TPSA) is 65.6 Å². The smallest absolute Gasteiger partial charge is 0.263 e. The van der Waals surface area contributed by atoms with Crippen LogP contribution in [-0.2, 0) is 4.79 Å². The minimum absolute atomic E-state index is 0.0146. The van der Waals surface area contributed by atoms with Crippen LogP contribution in [0.2, 0.25) is 0 Å². The molecule has 32 heavy (non-hydrogen) atoms. The number of aryl methyl sites for hydroxylation is 1. The number of likely N-dealkylation sites (tertiary alicyclic amines) is 1. The van der Waals surface area contributed by atoms with Crippen molar-refractivity contribution in [3.05, 3.63) is 64.6 Å². The molecular weight excluding hydrogens is 402 g/mol. The highest BCUT2D eigenvalue weighted by molar-refractivity contribution is 5.97. The normalized spacial score (nSPS) is 17.5. The number of hydrogen-bond donors (Lipinski definition) is 1. The van der Waals surface area contributed by atoms with E-state index in [4.69, 9.17) is 4.74 Å². The summed E-state index contributed by atoms with van der Waals surface area (Å²) in [6, 6.07) is 13.9. The lowest BCUT2D eigenvalue weighted by Crippen LogP contribution is -2.50. The van der Waals surface area contributed by atoms with Crippen molar-refractivity contribution >= 4 is 16.7 Å². The molecule has 0 radical (unpaired) electrons. The highest BCUT2D eigenvalue weighted by Gasteiger charge is 2.28. The van der Waals surface area contributed by atoms with E-state index in [0.717, 1.165) is 48.0 Å². The average Bonchev–Trinajstić information content (AvgIpc) is 2.80. The Labute approximate surface area is 188 Å². The van der Waals surface area contributed by atoms with Gasteiger partial charge < -0.3 is 19.5 Å². The maximum Gasteiger partial charge on any atom is 0.263 e. The third-order valence-corrected chi connectivity index (χ3v) is 6.41. The molecule has 1 aliphatic heterocycles. The van der Waals surface area contributed by atoms with E-state index in [1.54, 1.807) is 19.2 Å². The van der Waals surface area contributed by atoms with E-state index in [-0.39, 0.29) is 11.5 Å². The maximum absolute atomic E-state index is 13.0. The predicted octanol–water partition coefficient (Wildman–Crippen LogP) is 3.82. The first kappa shape index (κ1) is 22.1. The lowest BCUT2D eigenvalue weighted by atomic mass is 9.97. The molecule has 6 heteroatoms. The molecule has 2 atom stereocenters. The fraction of sp³-hybridized carbons (Fsp3) is 0.385. The van der Waals surface area contributed by atoms with Gasteiger partial charge in [0.05, 0.1) is 5.39 Å². The summed E-state index contributed by atoms with van der Waals surface area (Å²) in [4.78, 5) is 32.5. The van der Waals surface area contributed by atoms with E-state index in [1.165, 1.54) is 0 Å². The number of hydrogen-bond acceptors (Lipinski definition) is 4. The molecule has 1 amide bonds. The summed E-state index contributed by atoms with van der Waals surface area (Å²) in [5, 5.41) is 1.41. The number of carbonyl (C=O) groups excluding carboxylic acids is 1. The molecule has 1 saturated heterocycles. The molecule has 0 aliphatic carbocycles. The van der Waals surface area contributed by atoms with Gasteiger partial charge in [0.2, 0.25) is 0 Å². The number of ether oxygens (including phenoxy) is 1. The van der Waals surface area contributed by atoms with E-state index in [1.807, 2.05) is 35.2 Å². The van der Waals surface area contributed by atoms with Crippen molar-refractivity contribution in [3.63, 3.8) is 0 Å². The van der Waals surface area contributed by atoms with Crippen molar-refractivity contribution < 1.29 is 9.53 Å². The zero-order valence-electron chi connectivity index (χ0n) is 19.2. The summed E-state index contributed by atoms with van der Waals surface area (Å²) in [5.41, 5.74) is 3.01. The Morgan fingerprint density at radius 2 is 1.94 bits per heavy atom. The predicted molar refractivity (Wildman–Crippen MR) is 128 cm³/mol. The quantitative estimate of drug-likeness (QED) is 0.664. The number of nitrogens with one attached hydrogen (secondary N) is 1. The van der Waals surface area contributed by atoms with Gasteiger partial charge in [-0.1, -0.05) is 24.3 Å². The minimum Gasteiger partial charge on any atom is -0.481 e. The van der Waals surface area contributed by atoms with Gasteiger partial charge in [-0.05, 0) is 75.5 Å². The second kappa shape index (κ2) is 9.17. The van der Waals surface area contributed by atoms with Crippen LogP contribution >= 0.6 is 0 Å². The van der Waals surface area contributed by atoms with Gasteiger partial charge in [0.25, 0.3) is 11.5 Å². The number of piperidine rings is 1. The zero-order chi connectivity index (χ0) is 22.8. The van der Waals surface area contributed by atoms with Crippen LogP contribution in [0.4, 0.5) is 0 Å². The van der Waals surface area contributed by atoms with Crippen LogP contribution in [0, 0.1) is 6.92 Å². The van der Waals surface area contributed by atoms with Crippen LogP contribution in [0.15, 0.2) is 53.5 Å². The number of fused-ring (bicyclic) bond motifs is 1. The van der Waals surface area contributed by atoms with Crippen LogP contribution in [-0.4, -0.2) is 60.0 Å². The molecule has 168 valence electrons. The summed E-state index contributed by atoms with van der Waals surface area (Å²) in [6.07, 6.45) is 3.24. The number of carbonyl (C=O) groups is 1. The summed E-state index contributed by atoms with van der Waals surface area (Å²) in [6.45, 7) is 5.31. The summed E-state index contributed by atoms with van der Waals surface area (Å²) >= 11 is 0. The summed E-state index contributed by atoms with van der Waals surface area (Å²) in [7, 11) is 4.10. The molecule has 1 fully saturated rings. The molecular formula is C26H31N3O3. The number of pyridine rings is 1. The Balaban J connectivity index is 1.58. The Morgan fingerprint density at radius 1 is 1.16 bits per heavy atom. The van der Waals surface area contributed by atoms with E-state index >= 15 is 0 Å². The maximum atomic E-state index is 13.0. The van der Waals surface area contributed by atoms with Gasteiger partial charge in [-0.3, -0.25) is 9.59 Å². The van der Waals surface area contributed by atoms with E-state index in [2.05, 4.69) is 37.0 Å². The molecule has 4 rings (SSSR count). The van der Waals surface area contributed by atoms with Crippen molar-refractivity contribution in [3.8, 4) is 16.9 Å². The number of H-pyrrole nitrogens is 1.